The Morgan fingerprint density at radius 3 is 2.71 bits per heavy atom. The summed E-state index contributed by atoms with van der Waals surface area (Å²) in [5.41, 5.74) is 1.15. The van der Waals surface area contributed by atoms with Crippen LogP contribution in [0.4, 0.5) is 4.39 Å². The lowest BCUT2D eigenvalue weighted by atomic mass is 10.0. The van der Waals surface area contributed by atoms with Crippen LogP contribution in [-0.4, -0.2) is 32.3 Å². The predicted octanol–water partition coefficient (Wildman–Crippen LogP) is 2.49. The van der Waals surface area contributed by atoms with E-state index >= 15 is 0 Å². The van der Waals surface area contributed by atoms with Gasteiger partial charge in [-0.3, -0.25) is 0 Å². The Morgan fingerprint density at radius 1 is 1.33 bits per heavy atom. The molecule has 0 saturated carbocycles. The number of rotatable bonds is 4. The average Bonchev–Trinajstić information content (AvgIpc) is 3.03. The molecular formula is C16H16FNO4S2. The van der Waals surface area contributed by atoms with Crippen LogP contribution in [0, 0.1) is 5.82 Å². The molecule has 0 saturated heterocycles. The molecule has 1 aromatic heterocycles. The van der Waals surface area contributed by atoms with Crippen LogP contribution in [0.15, 0.2) is 35.7 Å². The molecule has 8 heteroatoms. The number of carbonyl (C=O) groups is 1. The first-order valence-electron chi connectivity index (χ1n) is 7.30. The van der Waals surface area contributed by atoms with E-state index in [-0.39, 0.29) is 12.3 Å². The molecule has 1 aromatic carbocycles. The third kappa shape index (κ3) is 3.22. The van der Waals surface area contributed by atoms with Gasteiger partial charge in [0.25, 0.3) is 0 Å². The zero-order chi connectivity index (χ0) is 17.3. The minimum absolute atomic E-state index is 0.219. The second kappa shape index (κ2) is 6.62. The minimum atomic E-state index is -3.76. The molecule has 1 aliphatic heterocycles. The molecule has 0 aliphatic carbocycles. The summed E-state index contributed by atoms with van der Waals surface area (Å²) in [6, 6.07) is 6.10. The third-order valence-corrected chi connectivity index (χ3v) is 6.77. The smallest absolute Gasteiger partial charge is 0.328 e. The van der Waals surface area contributed by atoms with Gasteiger partial charge in [-0.25, -0.2) is 17.6 Å². The molecule has 3 rings (SSSR count). The van der Waals surface area contributed by atoms with Crippen molar-refractivity contribution in [1.82, 2.24) is 4.31 Å². The Balaban J connectivity index is 1.93. The van der Waals surface area contributed by atoms with Crippen LogP contribution in [0.25, 0.3) is 0 Å². The summed E-state index contributed by atoms with van der Waals surface area (Å²) >= 11 is 1.50. The highest BCUT2D eigenvalue weighted by Crippen LogP contribution is 2.36. The van der Waals surface area contributed by atoms with Gasteiger partial charge in [0.15, 0.2) is 0 Å². The second-order valence-corrected chi connectivity index (χ2v) is 8.39. The van der Waals surface area contributed by atoms with Gasteiger partial charge in [0.1, 0.15) is 11.9 Å². The molecule has 1 atom stereocenters. The van der Waals surface area contributed by atoms with Crippen molar-refractivity contribution in [2.24, 2.45) is 0 Å². The number of nitrogens with zero attached hydrogens (tertiary/aromatic N) is 1. The molecular weight excluding hydrogens is 353 g/mol. The molecule has 1 unspecified atom stereocenters. The summed E-state index contributed by atoms with van der Waals surface area (Å²) in [5, 5.41) is 1.84. The van der Waals surface area contributed by atoms with E-state index in [0.29, 0.717) is 17.5 Å². The molecule has 24 heavy (non-hydrogen) atoms. The van der Waals surface area contributed by atoms with Crippen LogP contribution < -0.4 is 0 Å². The summed E-state index contributed by atoms with van der Waals surface area (Å²) in [4.78, 5) is 13.2. The SMILES string of the molecule is COC(=O)C1c2ccsc2CCN1S(=O)(=O)Cc1ccc(F)cc1. The Hall–Kier alpha value is -1.77. The fourth-order valence-electron chi connectivity index (χ4n) is 2.82. The Labute approximate surface area is 143 Å². The van der Waals surface area contributed by atoms with Crippen molar-refractivity contribution in [2.45, 2.75) is 18.2 Å². The molecule has 2 heterocycles. The molecule has 1 aliphatic rings. The second-order valence-electron chi connectivity index (χ2n) is 5.47. The van der Waals surface area contributed by atoms with E-state index < -0.39 is 27.9 Å². The minimum Gasteiger partial charge on any atom is -0.468 e. The number of thiophene rings is 1. The largest absolute Gasteiger partial charge is 0.468 e. The van der Waals surface area contributed by atoms with E-state index in [4.69, 9.17) is 4.74 Å². The summed E-state index contributed by atoms with van der Waals surface area (Å²) in [6.07, 6.45) is 0.559. The van der Waals surface area contributed by atoms with Gasteiger partial charge < -0.3 is 4.74 Å². The number of fused-ring (bicyclic) bond motifs is 1. The maximum absolute atomic E-state index is 13.0. The fraction of sp³-hybridized carbons (Fsp3) is 0.312. The van der Waals surface area contributed by atoms with Crippen LogP contribution in [-0.2, 0) is 31.7 Å². The van der Waals surface area contributed by atoms with Crippen LogP contribution in [0.2, 0.25) is 0 Å². The van der Waals surface area contributed by atoms with Gasteiger partial charge in [-0.15, -0.1) is 11.3 Å². The summed E-state index contributed by atoms with van der Waals surface area (Å²) in [6.45, 7) is 0.219. The highest BCUT2D eigenvalue weighted by molar-refractivity contribution is 7.88. The van der Waals surface area contributed by atoms with Gasteiger partial charge in [-0.05, 0) is 41.1 Å². The van der Waals surface area contributed by atoms with Crippen molar-refractivity contribution in [2.75, 3.05) is 13.7 Å². The Bertz CT molecular complexity index is 845. The number of esters is 1. The number of halogens is 1. The summed E-state index contributed by atoms with van der Waals surface area (Å²) in [5.74, 6) is -1.32. The van der Waals surface area contributed by atoms with Crippen LogP contribution >= 0.6 is 11.3 Å². The topological polar surface area (TPSA) is 63.7 Å². The van der Waals surface area contributed by atoms with E-state index in [1.54, 1.807) is 6.07 Å². The lowest BCUT2D eigenvalue weighted by Crippen LogP contribution is -2.43. The first-order valence-corrected chi connectivity index (χ1v) is 9.79. The van der Waals surface area contributed by atoms with Gasteiger partial charge in [0.2, 0.25) is 10.0 Å². The van der Waals surface area contributed by atoms with Gasteiger partial charge >= 0.3 is 5.97 Å². The Morgan fingerprint density at radius 2 is 2.04 bits per heavy atom. The van der Waals surface area contributed by atoms with Crippen LogP contribution in [0.5, 0.6) is 0 Å². The van der Waals surface area contributed by atoms with Crippen LogP contribution in [0.3, 0.4) is 0 Å². The molecule has 5 nitrogen and oxygen atoms in total. The van der Waals surface area contributed by atoms with Crippen molar-refractivity contribution < 1.29 is 22.3 Å². The van der Waals surface area contributed by atoms with Gasteiger partial charge in [-0.1, -0.05) is 12.1 Å². The van der Waals surface area contributed by atoms with Gasteiger partial charge in [0.05, 0.1) is 12.9 Å². The standard InChI is InChI=1S/C16H16FNO4S2/c1-22-16(19)15-13-7-9-23-14(13)6-8-18(15)24(20,21)10-11-2-4-12(17)5-3-11/h2-5,7,9,15H,6,8,10H2,1H3. The lowest BCUT2D eigenvalue weighted by Gasteiger charge is -2.33. The number of hydrogen-bond donors (Lipinski definition) is 0. The van der Waals surface area contributed by atoms with Crippen LogP contribution in [0.1, 0.15) is 22.0 Å². The predicted molar refractivity (Wildman–Crippen MR) is 88.5 cm³/mol. The maximum Gasteiger partial charge on any atom is 0.328 e. The average molecular weight is 369 g/mol. The summed E-state index contributed by atoms with van der Waals surface area (Å²) in [7, 11) is -2.52. The maximum atomic E-state index is 13.0. The van der Waals surface area contributed by atoms with E-state index in [1.807, 2.05) is 5.38 Å². The molecule has 0 spiro atoms. The first-order chi connectivity index (χ1) is 11.4. The van der Waals surface area contributed by atoms with E-state index in [0.717, 1.165) is 4.88 Å². The van der Waals surface area contributed by atoms with Crippen molar-refractivity contribution in [3.63, 3.8) is 0 Å². The molecule has 0 amide bonds. The Kier molecular flexibility index (Phi) is 4.71. The molecule has 0 bridgehead atoms. The molecule has 2 aromatic rings. The van der Waals surface area contributed by atoms with E-state index in [2.05, 4.69) is 0 Å². The first kappa shape index (κ1) is 17.1. The van der Waals surface area contributed by atoms with Crippen molar-refractivity contribution >= 4 is 27.3 Å². The number of benzene rings is 1. The number of ether oxygens (including phenoxy) is 1. The molecule has 0 radical (unpaired) electrons. The highest BCUT2D eigenvalue weighted by Gasteiger charge is 2.41. The number of carbonyl (C=O) groups excluding carboxylic acids is 1. The van der Waals surface area contributed by atoms with Crippen molar-refractivity contribution in [1.29, 1.82) is 0 Å². The fourth-order valence-corrected chi connectivity index (χ4v) is 5.40. The molecule has 0 N–H and O–H groups in total. The number of sulfonamides is 1. The zero-order valence-electron chi connectivity index (χ0n) is 12.9. The monoisotopic (exact) mass is 369 g/mol. The third-order valence-electron chi connectivity index (χ3n) is 3.97. The summed E-state index contributed by atoms with van der Waals surface area (Å²) < 4.78 is 44.7. The van der Waals surface area contributed by atoms with Gasteiger partial charge in [0, 0.05) is 11.4 Å². The zero-order valence-corrected chi connectivity index (χ0v) is 14.6. The number of methoxy groups -OCH3 is 1. The normalized spacial score (nSPS) is 18.2. The van der Waals surface area contributed by atoms with Crippen molar-refractivity contribution in [3.8, 4) is 0 Å². The van der Waals surface area contributed by atoms with Gasteiger partial charge in [-0.2, -0.15) is 4.31 Å². The van der Waals surface area contributed by atoms with E-state index in [1.165, 1.54) is 47.0 Å². The highest BCUT2D eigenvalue weighted by atomic mass is 32.2. The lowest BCUT2D eigenvalue weighted by molar-refractivity contribution is -0.145. The number of hydrogen-bond acceptors (Lipinski definition) is 5. The molecule has 0 fully saturated rings. The quantitative estimate of drug-likeness (QED) is 0.777. The molecule has 128 valence electrons. The van der Waals surface area contributed by atoms with E-state index in [9.17, 15) is 17.6 Å². The van der Waals surface area contributed by atoms with Crippen molar-refractivity contribution in [3.05, 3.63) is 57.5 Å².